The van der Waals surface area contributed by atoms with E-state index in [4.69, 9.17) is 9.84 Å². The van der Waals surface area contributed by atoms with Gasteiger partial charge in [0.05, 0.1) is 12.5 Å². The van der Waals surface area contributed by atoms with Crippen molar-refractivity contribution in [2.75, 3.05) is 20.2 Å². The number of carbonyl (C=O) groups is 2. The molecule has 19 heavy (non-hydrogen) atoms. The number of aromatic nitrogens is 2. The van der Waals surface area contributed by atoms with Crippen LogP contribution in [0.15, 0.2) is 10.9 Å². The highest BCUT2D eigenvalue weighted by molar-refractivity contribution is 5.74. The molecule has 3 N–H and O–H groups in total. The number of hydrogen-bond acceptors (Lipinski definition) is 6. The molecule has 2 amide bonds. The van der Waals surface area contributed by atoms with Gasteiger partial charge in [-0.3, -0.25) is 4.79 Å². The Labute approximate surface area is 109 Å². The van der Waals surface area contributed by atoms with E-state index in [0.717, 1.165) is 0 Å². The lowest BCUT2D eigenvalue weighted by molar-refractivity contribution is -0.139. The second kappa shape index (κ2) is 8.03. The molecule has 0 aromatic carbocycles. The third-order valence-electron chi connectivity index (χ3n) is 2.27. The lowest BCUT2D eigenvalue weighted by Gasteiger charge is -2.14. The zero-order valence-electron chi connectivity index (χ0n) is 10.5. The maximum absolute atomic E-state index is 11.4. The summed E-state index contributed by atoms with van der Waals surface area (Å²) in [5, 5.41) is 17.3. The molecule has 1 rings (SSSR count). The van der Waals surface area contributed by atoms with Crippen molar-refractivity contribution in [1.29, 1.82) is 0 Å². The van der Waals surface area contributed by atoms with Gasteiger partial charge in [-0.15, -0.1) is 0 Å². The summed E-state index contributed by atoms with van der Waals surface area (Å²) in [6, 6.07) is -0.407. The van der Waals surface area contributed by atoms with Crippen molar-refractivity contribution in [3.63, 3.8) is 0 Å². The van der Waals surface area contributed by atoms with E-state index >= 15 is 0 Å². The molecule has 0 saturated carbocycles. The second-order valence-corrected chi connectivity index (χ2v) is 3.69. The molecule has 0 aliphatic rings. The minimum absolute atomic E-state index is 0.122. The number of rotatable bonds is 8. The number of carboxylic acids is 1. The van der Waals surface area contributed by atoms with Crippen LogP contribution in [0.1, 0.15) is 12.2 Å². The van der Waals surface area contributed by atoms with Gasteiger partial charge in [-0.05, 0) is 0 Å². The fraction of sp³-hybridized carbons (Fsp3) is 0.600. The van der Waals surface area contributed by atoms with Crippen LogP contribution < -0.4 is 10.6 Å². The number of aliphatic carboxylic acids is 1. The highest BCUT2D eigenvalue weighted by atomic mass is 16.5. The van der Waals surface area contributed by atoms with Gasteiger partial charge in [-0.25, -0.2) is 4.79 Å². The zero-order chi connectivity index (χ0) is 14.1. The number of hydrogen-bond donors (Lipinski definition) is 3. The first-order valence-corrected chi connectivity index (χ1v) is 5.63. The Balaban J connectivity index is 2.14. The normalized spacial score (nSPS) is 11.8. The van der Waals surface area contributed by atoms with Crippen molar-refractivity contribution < 1.29 is 24.0 Å². The maximum atomic E-state index is 11.4. The predicted octanol–water partition coefficient (Wildman–Crippen LogP) is -0.599. The van der Waals surface area contributed by atoms with Crippen LogP contribution in [0.2, 0.25) is 0 Å². The summed E-state index contributed by atoms with van der Waals surface area (Å²) in [4.78, 5) is 25.7. The smallest absolute Gasteiger partial charge is 0.314 e. The molecular formula is C10H16N4O5. The monoisotopic (exact) mass is 272 g/mol. The van der Waals surface area contributed by atoms with Crippen LogP contribution in [-0.4, -0.2) is 53.6 Å². The Hall–Kier alpha value is -2.16. The molecule has 106 valence electrons. The number of carbonyl (C=O) groups excluding carboxylic acids is 1. The topological polar surface area (TPSA) is 127 Å². The van der Waals surface area contributed by atoms with Crippen molar-refractivity contribution >= 4 is 12.0 Å². The third-order valence-corrected chi connectivity index (χ3v) is 2.27. The molecular weight excluding hydrogens is 256 g/mol. The van der Waals surface area contributed by atoms with Crippen LogP contribution in [0.25, 0.3) is 0 Å². The van der Waals surface area contributed by atoms with E-state index in [2.05, 4.69) is 25.3 Å². The summed E-state index contributed by atoms with van der Waals surface area (Å²) in [5.74, 6) is -0.480. The molecule has 0 spiro atoms. The largest absolute Gasteiger partial charge is 0.481 e. The number of carboxylic acid groups (broad SMARTS) is 1. The first kappa shape index (κ1) is 14.9. The average molecular weight is 272 g/mol. The van der Waals surface area contributed by atoms with Crippen molar-refractivity contribution in [3.8, 4) is 0 Å². The number of ether oxygens (including phenoxy) is 1. The minimum atomic E-state index is -0.980. The van der Waals surface area contributed by atoms with Crippen molar-refractivity contribution in [3.05, 3.63) is 12.2 Å². The molecule has 0 saturated heterocycles. The van der Waals surface area contributed by atoms with Crippen LogP contribution in [0.4, 0.5) is 4.79 Å². The molecule has 1 aromatic rings. The molecule has 1 atom stereocenters. The van der Waals surface area contributed by atoms with Crippen molar-refractivity contribution in [2.45, 2.75) is 18.9 Å². The van der Waals surface area contributed by atoms with E-state index in [1.165, 1.54) is 13.5 Å². The lowest BCUT2D eigenvalue weighted by Crippen LogP contribution is -2.41. The van der Waals surface area contributed by atoms with Gasteiger partial charge in [0.25, 0.3) is 0 Å². The predicted molar refractivity (Wildman–Crippen MR) is 62.5 cm³/mol. The van der Waals surface area contributed by atoms with Gasteiger partial charge >= 0.3 is 12.0 Å². The van der Waals surface area contributed by atoms with E-state index in [1.54, 1.807) is 0 Å². The standard InChI is InChI=1S/C10H16N4O5/c1-18-7(4-9(15)16)5-12-10(17)11-3-2-8-13-6-19-14-8/h6-7H,2-5H2,1H3,(H,15,16)(H2,11,12,17). The Kier molecular flexibility index (Phi) is 6.30. The summed E-state index contributed by atoms with van der Waals surface area (Å²) in [7, 11) is 1.39. The van der Waals surface area contributed by atoms with Crippen LogP contribution in [0, 0.1) is 0 Å². The van der Waals surface area contributed by atoms with Crippen LogP contribution in [0.5, 0.6) is 0 Å². The highest BCUT2D eigenvalue weighted by Crippen LogP contribution is 1.95. The van der Waals surface area contributed by atoms with E-state index in [9.17, 15) is 9.59 Å². The maximum Gasteiger partial charge on any atom is 0.314 e. The fourth-order valence-electron chi connectivity index (χ4n) is 1.29. The summed E-state index contributed by atoms with van der Waals surface area (Å²) in [5.41, 5.74) is 0. The molecule has 9 heteroatoms. The van der Waals surface area contributed by atoms with E-state index in [1.807, 2.05) is 0 Å². The summed E-state index contributed by atoms with van der Waals surface area (Å²) in [6.45, 7) is 0.471. The number of amides is 2. The van der Waals surface area contributed by atoms with E-state index < -0.39 is 18.1 Å². The Morgan fingerprint density at radius 1 is 1.53 bits per heavy atom. The Morgan fingerprint density at radius 2 is 2.32 bits per heavy atom. The quantitative estimate of drug-likeness (QED) is 0.576. The Morgan fingerprint density at radius 3 is 2.89 bits per heavy atom. The number of methoxy groups -OCH3 is 1. The third kappa shape index (κ3) is 6.36. The van der Waals surface area contributed by atoms with E-state index in [0.29, 0.717) is 18.8 Å². The zero-order valence-corrected chi connectivity index (χ0v) is 10.5. The van der Waals surface area contributed by atoms with Gasteiger partial charge in [-0.1, -0.05) is 5.16 Å². The first-order valence-electron chi connectivity index (χ1n) is 5.63. The second-order valence-electron chi connectivity index (χ2n) is 3.69. The average Bonchev–Trinajstić information content (AvgIpc) is 2.87. The van der Waals surface area contributed by atoms with Crippen LogP contribution in [-0.2, 0) is 16.0 Å². The molecule has 0 aliphatic carbocycles. The van der Waals surface area contributed by atoms with Gasteiger partial charge in [0.15, 0.2) is 5.82 Å². The SMILES string of the molecule is COC(CNC(=O)NCCc1ncon1)CC(=O)O. The molecule has 0 radical (unpaired) electrons. The van der Waals surface area contributed by atoms with E-state index in [-0.39, 0.29) is 13.0 Å². The summed E-state index contributed by atoms with van der Waals surface area (Å²) in [6.07, 6.45) is 0.942. The molecule has 9 nitrogen and oxygen atoms in total. The molecule has 0 bridgehead atoms. The van der Waals surface area contributed by atoms with Crippen LogP contribution in [0.3, 0.4) is 0 Å². The van der Waals surface area contributed by atoms with Crippen LogP contribution >= 0.6 is 0 Å². The Bertz CT molecular complexity index is 395. The molecule has 1 heterocycles. The summed E-state index contributed by atoms with van der Waals surface area (Å²) >= 11 is 0. The van der Waals surface area contributed by atoms with Gasteiger partial charge in [0.1, 0.15) is 0 Å². The van der Waals surface area contributed by atoms with Crippen molar-refractivity contribution in [1.82, 2.24) is 20.8 Å². The molecule has 1 unspecified atom stereocenters. The van der Waals surface area contributed by atoms with Gasteiger partial charge < -0.3 is 25.0 Å². The number of nitrogens with zero attached hydrogens (tertiary/aromatic N) is 2. The number of nitrogens with one attached hydrogen (secondary N) is 2. The minimum Gasteiger partial charge on any atom is -0.481 e. The first-order chi connectivity index (χ1) is 9.11. The fourth-order valence-corrected chi connectivity index (χ4v) is 1.29. The van der Waals surface area contributed by atoms with Gasteiger partial charge in [0, 0.05) is 26.6 Å². The highest BCUT2D eigenvalue weighted by Gasteiger charge is 2.13. The summed E-state index contributed by atoms with van der Waals surface area (Å²) < 4.78 is 9.46. The van der Waals surface area contributed by atoms with Gasteiger partial charge in [-0.2, -0.15) is 4.98 Å². The van der Waals surface area contributed by atoms with Crippen molar-refractivity contribution in [2.24, 2.45) is 0 Å². The molecule has 0 aliphatic heterocycles. The lowest BCUT2D eigenvalue weighted by atomic mass is 10.2. The molecule has 0 fully saturated rings. The molecule has 1 aromatic heterocycles. The number of urea groups is 1. The van der Waals surface area contributed by atoms with Gasteiger partial charge in [0.2, 0.25) is 6.39 Å².